The molecule has 109 valence electrons. The summed E-state index contributed by atoms with van der Waals surface area (Å²) in [5, 5.41) is 0. The Morgan fingerprint density at radius 1 is 0.800 bits per heavy atom. The van der Waals surface area contributed by atoms with Crippen LogP contribution in [0.1, 0.15) is 41.5 Å². The Morgan fingerprint density at radius 3 is 1.35 bits per heavy atom. The van der Waals surface area contributed by atoms with E-state index in [-0.39, 0.29) is 0 Å². The maximum atomic E-state index is 2.61. The second-order valence-corrected chi connectivity index (χ2v) is 25.8. The Labute approximate surface area is 134 Å². The van der Waals surface area contributed by atoms with Gasteiger partial charge >= 0.3 is 134 Å². The summed E-state index contributed by atoms with van der Waals surface area (Å²) in [5.74, 6) is 0.845. The van der Waals surface area contributed by atoms with E-state index in [4.69, 9.17) is 0 Å². The van der Waals surface area contributed by atoms with Gasteiger partial charge in [0.25, 0.3) is 0 Å². The number of hydrogen-bond donors (Lipinski definition) is 0. The van der Waals surface area contributed by atoms with Crippen molar-refractivity contribution in [2.45, 2.75) is 54.6 Å². The zero-order valence-corrected chi connectivity index (χ0v) is 18.0. The summed E-state index contributed by atoms with van der Waals surface area (Å²) < 4.78 is 3.85. The van der Waals surface area contributed by atoms with Gasteiger partial charge in [0, 0.05) is 0 Å². The molecule has 0 saturated heterocycles. The monoisotopic (exact) mass is 363 g/mol. The van der Waals surface area contributed by atoms with Crippen molar-refractivity contribution in [3.05, 3.63) is 41.0 Å². The van der Waals surface area contributed by atoms with Crippen molar-refractivity contribution in [1.29, 1.82) is 0 Å². The van der Waals surface area contributed by atoms with E-state index in [1.807, 2.05) is 6.56 Å². The molecular formula is C18H29SiZr. The second-order valence-electron chi connectivity index (χ2n) is 6.92. The topological polar surface area (TPSA) is 0 Å². The van der Waals surface area contributed by atoms with Crippen molar-refractivity contribution in [3.63, 3.8) is 0 Å². The van der Waals surface area contributed by atoms with E-state index in [0.717, 1.165) is 0 Å². The SMILES string of the molecule is CC1=CC(C)[C]([Zr]([C]2=C(C)C(C)=CC2C)[SiH](C)C)=C1C. The summed E-state index contributed by atoms with van der Waals surface area (Å²) in [5.41, 5.74) is 6.41. The van der Waals surface area contributed by atoms with Gasteiger partial charge in [-0.25, -0.2) is 0 Å². The van der Waals surface area contributed by atoms with Crippen LogP contribution in [-0.2, 0) is 20.9 Å². The second kappa shape index (κ2) is 6.05. The number of rotatable bonds is 3. The standard InChI is InChI=1S/2C8H11.C2H7Si.Zr/c2*1-6-4-7(2)8(3)5-6;1-3-2;/h2*4,6H,1-3H3;3H,1-2H3;. The maximum absolute atomic E-state index is 2.61. The van der Waals surface area contributed by atoms with Gasteiger partial charge in [-0.2, -0.15) is 0 Å². The van der Waals surface area contributed by atoms with Crippen molar-refractivity contribution in [1.82, 2.24) is 0 Å². The first-order valence-electron chi connectivity index (χ1n) is 7.92. The molecule has 2 atom stereocenters. The molecule has 2 aliphatic carbocycles. The molecule has 20 heavy (non-hydrogen) atoms. The van der Waals surface area contributed by atoms with E-state index in [2.05, 4.69) is 66.8 Å². The van der Waals surface area contributed by atoms with Crippen LogP contribution in [0.15, 0.2) is 41.0 Å². The van der Waals surface area contributed by atoms with Crippen LogP contribution in [0.2, 0.25) is 13.1 Å². The van der Waals surface area contributed by atoms with Gasteiger partial charge in [0.15, 0.2) is 0 Å². The van der Waals surface area contributed by atoms with Gasteiger partial charge in [0.05, 0.1) is 0 Å². The molecule has 0 radical (unpaired) electrons. The van der Waals surface area contributed by atoms with Gasteiger partial charge < -0.3 is 0 Å². The van der Waals surface area contributed by atoms with Crippen LogP contribution in [-0.4, -0.2) is 5.92 Å². The fourth-order valence-corrected chi connectivity index (χ4v) is 26.5. The molecule has 2 rings (SSSR count). The average Bonchev–Trinajstić information content (AvgIpc) is 2.72. The van der Waals surface area contributed by atoms with Gasteiger partial charge in [-0.15, -0.1) is 0 Å². The zero-order chi connectivity index (χ0) is 15.2. The van der Waals surface area contributed by atoms with Crippen molar-refractivity contribution in [2.75, 3.05) is 0 Å². The molecule has 2 unspecified atom stereocenters. The number of allylic oxidation sites excluding steroid dienone is 8. The zero-order valence-electron chi connectivity index (χ0n) is 14.4. The molecule has 0 amide bonds. The summed E-state index contributed by atoms with van der Waals surface area (Å²) in [6.45, 7) is 19.5. The quantitative estimate of drug-likeness (QED) is 0.594. The van der Waals surface area contributed by atoms with Crippen molar-refractivity contribution in [2.24, 2.45) is 11.8 Å². The van der Waals surface area contributed by atoms with Gasteiger partial charge in [-0.1, -0.05) is 0 Å². The molecule has 0 bridgehead atoms. The molecule has 0 N–H and O–H groups in total. The third-order valence-corrected chi connectivity index (χ3v) is 25.3. The first-order valence-corrected chi connectivity index (χ1v) is 17.5. The fourth-order valence-electron chi connectivity index (χ4n) is 3.94. The van der Waals surface area contributed by atoms with Gasteiger partial charge in [0.1, 0.15) is 0 Å². The van der Waals surface area contributed by atoms with Crippen LogP contribution in [0.5, 0.6) is 0 Å². The predicted molar refractivity (Wildman–Crippen MR) is 90.1 cm³/mol. The van der Waals surface area contributed by atoms with E-state index in [9.17, 15) is 0 Å². The molecule has 0 heterocycles. The van der Waals surface area contributed by atoms with Gasteiger partial charge in [-0.3, -0.25) is 0 Å². The van der Waals surface area contributed by atoms with E-state index >= 15 is 0 Å². The minimum absolute atomic E-state index is 0.586. The minimum atomic E-state index is -1.62. The molecule has 0 aromatic carbocycles. The van der Waals surface area contributed by atoms with E-state index < -0.39 is 26.8 Å². The Hall–Kier alpha value is 0.0600. The van der Waals surface area contributed by atoms with Gasteiger partial charge in [0.2, 0.25) is 0 Å². The molecule has 0 saturated carbocycles. The summed E-state index contributed by atoms with van der Waals surface area (Å²) >= 11 is -1.62. The van der Waals surface area contributed by atoms with Crippen LogP contribution in [0.3, 0.4) is 0 Å². The van der Waals surface area contributed by atoms with Crippen LogP contribution >= 0.6 is 0 Å². The summed E-state index contributed by atoms with van der Waals surface area (Å²) in [4.78, 5) is 0. The molecule has 2 aliphatic rings. The van der Waals surface area contributed by atoms with Crippen LogP contribution in [0.4, 0.5) is 0 Å². The Bertz CT molecular complexity index is 500. The van der Waals surface area contributed by atoms with Crippen molar-refractivity contribution in [3.8, 4) is 0 Å². The molecule has 0 spiro atoms. The molecule has 0 fully saturated rings. The first kappa shape index (κ1) is 16.4. The molecular weight excluding hydrogens is 336 g/mol. The Kier molecular flexibility index (Phi) is 4.97. The van der Waals surface area contributed by atoms with Crippen molar-refractivity contribution >= 4 is 5.92 Å². The Morgan fingerprint density at radius 2 is 1.15 bits per heavy atom. The van der Waals surface area contributed by atoms with Crippen LogP contribution in [0.25, 0.3) is 0 Å². The summed E-state index contributed by atoms with van der Waals surface area (Å²) in [6.07, 6.45) is 5.02. The third kappa shape index (κ3) is 2.71. The van der Waals surface area contributed by atoms with Crippen LogP contribution < -0.4 is 0 Å². The number of hydrogen-bond acceptors (Lipinski definition) is 0. The normalized spacial score (nSPS) is 26.6. The van der Waals surface area contributed by atoms with E-state index in [0.29, 0.717) is 11.8 Å². The molecule has 0 aliphatic heterocycles. The predicted octanol–water partition coefficient (Wildman–Crippen LogP) is 5.33. The molecule has 0 nitrogen and oxygen atoms in total. The molecule has 0 aromatic rings. The van der Waals surface area contributed by atoms with E-state index in [1.165, 1.54) is 0 Å². The van der Waals surface area contributed by atoms with E-state index in [1.54, 1.807) is 22.3 Å². The first-order chi connectivity index (χ1) is 9.25. The summed E-state index contributed by atoms with van der Waals surface area (Å²) in [6, 6.07) is 0. The third-order valence-electron chi connectivity index (χ3n) is 5.06. The van der Waals surface area contributed by atoms with Gasteiger partial charge in [-0.05, 0) is 0 Å². The molecule has 0 aromatic heterocycles. The Balaban J connectivity index is 2.52. The summed E-state index contributed by atoms with van der Waals surface area (Å²) in [7, 11) is 0. The van der Waals surface area contributed by atoms with Crippen molar-refractivity contribution < 1.29 is 20.9 Å². The van der Waals surface area contributed by atoms with Crippen LogP contribution in [0, 0.1) is 11.8 Å². The fraction of sp³-hybridized carbons (Fsp3) is 0.556. The average molecular weight is 365 g/mol. The molecule has 2 heteroatoms.